The highest BCUT2D eigenvalue weighted by atomic mass is 79.9. The summed E-state index contributed by atoms with van der Waals surface area (Å²) in [5.41, 5.74) is 2.80. The molecule has 7 heteroatoms. The highest BCUT2D eigenvalue weighted by Gasteiger charge is 2.29. The van der Waals surface area contributed by atoms with E-state index < -0.39 is 0 Å². The van der Waals surface area contributed by atoms with Crippen molar-refractivity contribution in [3.63, 3.8) is 0 Å². The molecule has 0 spiro atoms. The van der Waals surface area contributed by atoms with Gasteiger partial charge in [0.05, 0.1) is 6.42 Å². The molecule has 25 heavy (non-hydrogen) atoms. The predicted molar refractivity (Wildman–Crippen MR) is 101 cm³/mol. The van der Waals surface area contributed by atoms with Gasteiger partial charge < -0.3 is 9.42 Å². The van der Waals surface area contributed by atoms with E-state index in [1.807, 2.05) is 48.7 Å². The second-order valence-electron chi connectivity index (χ2n) is 5.67. The predicted octanol–water partition coefficient (Wildman–Crippen LogP) is 4.31. The molecule has 3 aromatic rings. The van der Waals surface area contributed by atoms with Crippen LogP contribution < -0.4 is 4.90 Å². The molecule has 0 fully saturated rings. The minimum atomic E-state index is 0.0390. The van der Waals surface area contributed by atoms with Gasteiger partial charge in [0, 0.05) is 20.6 Å². The molecule has 2 heterocycles. The van der Waals surface area contributed by atoms with Crippen LogP contribution in [-0.4, -0.2) is 22.3 Å². The number of nitrogens with zero attached hydrogens (tertiary/aromatic N) is 3. The molecule has 1 aliphatic rings. The Balaban J connectivity index is 1.56. The van der Waals surface area contributed by atoms with Crippen molar-refractivity contribution in [2.24, 2.45) is 0 Å². The molecular weight excluding hydrogens is 402 g/mol. The van der Waals surface area contributed by atoms with E-state index in [4.69, 9.17) is 4.52 Å². The van der Waals surface area contributed by atoms with Crippen molar-refractivity contribution in [1.29, 1.82) is 0 Å². The molecule has 1 aromatic heterocycles. The van der Waals surface area contributed by atoms with Crippen LogP contribution in [0.1, 0.15) is 11.5 Å². The minimum Gasteiger partial charge on any atom is -0.337 e. The number of carbonyl (C=O) groups excluding carboxylic acids is 1. The van der Waals surface area contributed by atoms with E-state index >= 15 is 0 Å². The van der Waals surface area contributed by atoms with Crippen LogP contribution >= 0.6 is 27.7 Å². The largest absolute Gasteiger partial charge is 0.337 e. The Kier molecular flexibility index (Phi) is 4.35. The van der Waals surface area contributed by atoms with Crippen molar-refractivity contribution < 1.29 is 9.32 Å². The maximum atomic E-state index is 12.3. The van der Waals surface area contributed by atoms with E-state index in [-0.39, 0.29) is 12.5 Å². The number of benzene rings is 2. The van der Waals surface area contributed by atoms with Gasteiger partial charge in [-0.2, -0.15) is 4.98 Å². The average Bonchev–Trinajstić information content (AvgIpc) is 3.20. The fourth-order valence-corrected chi connectivity index (χ4v) is 3.65. The van der Waals surface area contributed by atoms with E-state index in [2.05, 4.69) is 26.1 Å². The number of fused-ring (bicyclic) bond motifs is 1. The lowest BCUT2D eigenvalue weighted by atomic mass is 10.2. The van der Waals surface area contributed by atoms with E-state index in [1.54, 1.807) is 16.7 Å². The minimum absolute atomic E-state index is 0.0390. The molecule has 0 bridgehead atoms. The van der Waals surface area contributed by atoms with Crippen molar-refractivity contribution in [3.8, 4) is 11.4 Å². The summed E-state index contributed by atoms with van der Waals surface area (Å²) in [5, 5.41) is 4.04. The molecular formula is C18H14BrN3O2S. The molecule has 2 aromatic carbocycles. The average molecular weight is 416 g/mol. The molecule has 5 nitrogen and oxygen atoms in total. The van der Waals surface area contributed by atoms with Gasteiger partial charge in [-0.05, 0) is 54.3 Å². The Hall–Kier alpha value is -2.12. The molecule has 0 unspecified atom stereocenters. The van der Waals surface area contributed by atoms with Gasteiger partial charge in [-0.3, -0.25) is 4.79 Å². The van der Waals surface area contributed by atoms with Crippen molar-refractivity contribution in [1.82, 2.24) is 10.1 Å². The van der Waals surface area contributed by atoms with Crippen molar-refractivity contribution in [2.75, 3.05) is 11.2 Å². The fraction of sp³-hybridized carbons (Fsp3) is 0.167. The number of carbonyl (C=O) groups is 1. The van der Waals surface area contributed by atoms with Crippen LogP contribution in [0.2, 0.25) is 0 Å². The van der Waals surface area contributed by atoms with E-state index in [9.17, 15) is 4.79 Å². The summed E-state index contributed by atoms with van der Waals surface area (Å²) < 4.78 is 6.32. The first-order valence-corrected chi connectivity index (χ1v) is 9.71. The third-order valence-electron chi connectivity index (χ3n) is 4.08. The normalized spacial score (nSPS) is 13.4. The van der Waals surface area contributed by atoms with Crippen LogP contribution in [0.15, 0.2) is 56.4 Å². The second-order valence-corrected chi connectivity index (χ2v) is 7.47. The van der Waals surface area contributed by atoms with Gasteiger partial charge >= 0.3 is 0 Å². The monoisotopic (exact) mass is 415 g/mol. The number of hydrogen-bond donors (Lipinski definition) is 0. The molecule has 0 radical (unpaired) electrons. The van der Waals surface area contributed by atoms with Gasteiger partial charge in [0.15, 0.2) is 0 Å². The fourth-order valence-electron chi connectivity index (χ4n) is 2.84. The standard InChI is InChI=1S/C18H14BrN3O2S/c1-25-14-5-2-11(3-6-14)18-20-16(24-21-18)10-22-15-7-4-13(19)8-12(15)9-17(22)23/h2-8H,9-10H2,1H3. The van der Waals surface area contributed by atoms with Crippen LogP contribution in [0.3, 0.4) is 0 Å². The van der Waals surface area contributed by atoms with E-state index in [0.29, 0.717) is 18.1 Å². The highest BCUT2D eigenvalue weighted by molar-refractivity contribution is 9.10. The summed E-state index contributed by atoms with van der Waals surface area (Å²) >= 11 is 5.12. The van der Waals surface area contributed by atoms with Crippen LogP contribution in [-0.2, 0) is 17.8 Å². The molecule has 0 N–H and O–H groups in total. The van der Waals surface area contributed by atoms with Crippen LogP contribution in [0, 0.1) is 0 Å². The van der Waals surface area contributed by atoms with Gasteiger partial charge in [-0.15, -0.1) is 11.8 Å². The Bertz CT molecular complexity index is 940. The molecule has 4 rings (SSSR count). The smallest absolute Gasteiger partial charge is 0.247 e. The molecule has 1 amide bonds. The lowest BCUT2D eigenvalue weighted by molar-refractivity contribution is -0.117. The first kappa shape index (κ1) is 16.4. The summed E-state index contributed by atoms with van der Waals surface area (Å²) in [4.78, 5) is 19.6. The van der Waals surface area contributed by atoms with Gasteiger partial charge in [0.1, 0.15) is 6.54 Å². The van der Waals surface area contributed by atoms with Gasteiger partial charge in [0.25, 0.3) is 0 Å². The van der Waals surface area contributed by atoms with Crippen LogP contribution in [0.4, 0.5) is 5.69 Å². The Morgan fingerprint density at radius 3 is 2.80 bits per heavy atom. The molecule has 0 atom stereocenters. The van der Waals surface area contributed by atoms with E-state index in [0.717, 1.165) is 21.3 Å². The zero-order valence-electron chi connectivity index (χ0n) is 13.4. The number of rotatable bonds is 4. The number of anilines is 1. The zero-order valence-corrected chi connectivity index (χ0v) is 15.8. The molecule has 0 saturated carbocycles. The number of hydrogen-bond acceptors (Lipinski definition) is 5. The topological polar surface area (TPSA) is 59.2 Å². The van der Waals surface area contributed by atoms with Gasteiger partial charge in [0.2, 0.25) is 17.6 Å². The maximum absolute atomic E-state index is 12.3. The number of amides is 1. The summed E-state index contributed by atoms with van der Waals surface area (Å²) in [6.45, 7) is 0.281. The molecule has 1 aliphatic heterocycles. The number of thioether (sulfide) groups is 1. The number of halogens is 1. The summed E-state index contributed by atoms with van der Waals surface area (Å²) in [6, 6.07) is 13.8. The lowest BCUT2D eigenvalue weighted by Crippen LogP contribution is -2.26. The Labute approximate surface area is 157 Å². The third kappa shape index (κ3) is 3.21. The first-order chi connectivity index (χ1) is 12.1. The summed E-state index contributed by atoms with van der Waals surface area (Å²) in [5.74, 6) is 0.996. The van der Waals surface area contributed by atoms with Crippen LogP contribution in [0.5, 0.6) is 0 Å². The summed E-state index contributed by atoms with van der Waals surface area (Å²) in [7, 11) is 0. The molecule has 126 valence electrons. The molecule has 0 aliphatic carbocycles. The second kappa shape index (κ2) is 6.65. The number of aromatic nitrogens is 2. The van der Waals surface area contributed by atoms with Gasteiger partial charge in [-0.25, -0.2) is 0 Å². The van der Waals surface area contributed by atoms with Crippen molar-refractivity contribution in [3.05, 3.63) is 58.4 Å². The Morgan fingerprint density at radius 1 is 1.24 bits per heavy atom. The quantitative estimate of drug-likeness (QED) is 0.594. The lowest BCUT2D eigenvalue weighted by Gasteiger charge is -2.14. The van der Waals surface area contributed by atoms with Gasteiger partial charge in [-0.1, -0.05) is 21.1 Å². The van der Waals surface area contributed by atoms with Crippen molar-refractivity contribution >= 4 is 39.3 Å². The van der Waals surface area contributed by atoms with Crippen molar-refractivity contribution in [2.45, 2.75) is 17.9 Å². The molecule has 0 saturated heterocycles. The summed E-state index contributed by atoms with van der Waals surface area (Å²) in [6.07, 6.45) is 2.43. The highest BCUT2D eigenvalue weighted by Crippen LogP contribution is 2.32. The zero-order chi connectivity index (χ0) is 17.4. The SMILES string of the molecule is CSc1ccc(-c2noc(CN3C(=O)Cc4cc(Br)ccc43)n2)cc1. The Morgan fingerprint density at radius 2 is 2.04 bits per heavy atom. The maximum Gasteiger partial charge on any atom is 0.247 e. The van der Waals surface area contributed by atoms with Crippen LogP contribution in [0.25, 0.3) is 11.4 Å². The third-order valence-corrected chi connectivity index (χ3v) is 5.32. The van der Waals surface area contributed by atoms with E-state index in [1.165, 1.54) is 4.90 Å². The first-order valence-electron chi connectivity index (χ1n) is 7.70.